The van der Waals surface area contributed by atoms with Crippen LogP contribution < -0.4 is 21.3 Å². The van der Waals surface area contributed by atoms with Crippen LogP contribution in [-0.4, -0.2) is 17.8 Å². The van der Waals surface area contributed by atoms with E-state index in [1.165, 1.54) is 0 Å². The van der Waals surface area contributed by atoms with E-state index in [0.717, 1.165) is 16.8 Å². The van der Waals surface area contributed by atoms with E-state index in [9.17, 15) is 14.4 Å². The molecule has 0 radical (unpaired) electrons. The highest BCUT2D eigenvalue weighted by Gasteiger charge is 2.27. The first-order chi connectivity index (χ1) is 14.9. The van der Waals surface area contributed by atoms with Gasteiger partial charge in [-0.2, -0.15) is 0 Å². The van der Waals surface area contributed by atoms with Crippen molar-refractivity contribution in [3.63, 3.8) is 0 Å². The second kappa shape index (κ2) is 8.49. The van der Waals surface area contributed by atoms with Gasteiger partial charge in [0.05, 0.1) is 13.0 Å². The van der Waals surface area contributed by atoms with Gasteiger partial charge in [-0.05, 0) is 59.7 Å². The Morgan fingerprint density at radius 3 is 2.26 bits per heavy atom. The Hall–Kier alpha value is -3.84. The van der Waals surface area contributed by atoms with Crippen molar-refractivity contribution in [2.24, 2.45) is 5.73 Å². The van der Waals surface area contributed by atoms with E-state index in [1.807, 2.05) is 18.2 Å². The Bertz CT molecular complexity index is 1160. The molecule has 0 bridgehead atoms. The van der Waals surface area contributed by atoms with Gasteiger partial charge in [0, 0.05) is 27.6 Å². The number of hydrogen-bond donors (Lipinski definition) is 3. The Kier molecular flexibility index (Phi) is 5.60. The van der Waals surface area contributed by atoms with E-state index in [1.54, 1.807) is 53.4 Å². The number of amides is 4. The smallest absolute Gasteiger partial charge is 0.316 e. The number of rotatable bonds is 5. The maximum absolute atomic E-state index is 12.4. The van der Waals surface area contributed by atoms with Crippen molar-refractivity contribution in [1.82, 2.24) is 0 Å². The molecule has 0 aliphatic carbocycles. The van der Waals surface area contributed by atoms with Crippen molar-refractivity contribution >= 4 is 46.5 Å². The molecule has 0 saturated carbocycles. The van der Waals surface area contributed by atoms with E-state index in [4.69, 9.17) is 17.3 Å². The van der Waals surface area contributed by atoms with Crippen molar-refractivity contribution in [2.45, 2.75) is 13.0 Å². The number of urea groups is 1. The summed E-state index contributed by atoms with van der Waals surface area (Å²) >= 11 is 6.09. The van der Waals surface area contributed by atoms with Gasteiger partial charge < -0.3 is 21.3 Å². The third-order valence-corrected chi connectivity index (χ3v) is 5.18. The molecule has 4 N–H and O–H groups in total. The largest absolute Gasteiger partial charge is 0.351 e. The van der Waals surface area contributed by atoms with Crippen LogP contribution in [0.2, 0.25) is 5.02 Å². The number of nitrogens with one attached hydrogen (secondary N) is 2. The van der Waals surface area contributed by atoms with Crippen LogP contribution in [0.3, 0.4) is 0 Å². The molecule has 0 fully saturated rings. The molecule has 1 aliphatic rings. The highest BCUT2D eigenvalue weighted by molar-refractivity contribution is 6.31. The molecule has 3 aromatic carbocycles. The van der Waals surface area contributed by atoms with Gasteiger partial charge in [0.25, 0.3) is 5.91 Å². The fourth-order valence-electron chi connectivity index (χ4n) is 3.43. The third kappa shape index (κ3) is 4.67. The predicted octanol–water partition coefficient (Wildman–Crippen LogP) is 4.17. The molecular formula is C23H19ClN4O3. The second-order valence-corrected chi connectivity index (χ2v) is 7.58. The molecular weight excluding hydrogens is 416 g/mol. The van der Waals surface area contributed by atoms with Gasteiger partial charge in [0.1, 0.15) is 0 Å². The average molecular weight is 435 g/mol. The van der Waals surface area contributed by atoms with E-state index in [2.05, 4.69) is 10.6 Å². The lowest BCUT2D eigenvalue weighted by molar-refractivity contribution is -0.117. The molecule has 4 rings (SSSR count). The van der Waals surface area contributed by atoms with E-state index in [0.29, 0.717) is 34.9 Å². The molecule has 3 aromatic rings. The van der Waals surface area contributed by atoms with Crippen LogP contribution in [0.1, 0.15) is 21.5 Å². The number of anilines is 3. The quantitative estimate of drug-likeness (QED) is 0.561. The zero-order valence-corrected chi connectivity index (χ0v) is 17.1. The number of fused-ring (bicyclic) bond motifs is 1. The maximum Gasteiger partial charge on any atom is 0.316 e. The third-order valence-electron chi connectivity index (χ3n) is 4.95. The van der Waals surface area contributed by atoms with E-state index < -0.39 is 6.03 Å². The van der Waals surface area contributed by atoms with Gasteiger partial charge in [-0.3, -0.25) is 9.59 Å². The van der Waals surface area contributed by atoms with Crippen LogP contribution >= 0.6 is 11.6 Å². The average Bonchev–Trinajstić information content (AvgIpc) is 3.04. The summed E-state index contributed by atoms with van der Waals surface area (Å²) < 4.78 is 0. The number of halogens is 1. The number of benzene rings is 3. The lowest BCUT2D eigenvalue weighted by Crippen LogP contribution is -2.26. The standard InChI is InChI=1S/C23H19ClN4O3/c24-17-6-3-16-11-21(29)28(20(16)12-17)13-14-1-7-18(8-2-14)26-22(30)15-4-9-19(10-5-15)27-23(25)31/h1-10,12H,11,13H2,(H,26,30)(H3,25,27,31). The fourth-order valence-corrected chi connectivity index (χ4v) is 3.60. The molecule has 7 nitrogen and oxygen atoms in total. The van der Waals surface area contributed by atoms with Gasteiger partial charge >= 0.3 is 6.03 Å². The van der Waals surface area contributed by atoms with Crippen molar-refractivity contribution in [1.29, 1.82) is 0 Å². The zero-order chi connectivity index (χ0) is 22.0. The Balaban J connectivity index is 1.41. The van der Waals surface area contributed by atoms with Crippen molar-refractivity contribution in [2.75, 3.05) is 15.5 Å². The minimum absolute atomic E-state index is 0.0314. The van der Waals surface area contributed by atoms with Gasteiger partial charge in [0.2, 0.25) is 5.91 Å². The first kappa shape index (κ1) is 20.4. The first-order valence-corrected chi connectivity index (χ1v) is 9.92. The summed E-state index contributed by atoms with van der Waals surface area (Å²) in [5, 5.41) is 5.86. The molecule has 8 heteroatoms. The van der Waals surface area contributed by atoms with Crippen LogP contribution in [0, 0.1) is 0 Å². The van der Waals surface area contributed by atoms with Crippen LogP contribution in [0.15, 0.2) is 66.7 Å². The summed E-state index contributed by atoms with van der Waals surface area (Å²) in [6, 6.07) is 18.5. The maximum atomic E-state index is 12.4. The predicted molar refractivity (Wildman–Crippen MR) is 120 cm³/mol. The van der Waals surface area contributed by atoms with Gasteiger partial charge in [-0.1, -0.05) is 29.8 Å². The minimum atomic E-state index is -0.667. The lowest BCUT2D eigenvalue weighted by atomic mass is 10.1. The highest BCUT2D eigenvalue weighted by atomic mass is 35.5. The number of hydrogen-bond acceptors (Lipinski definition) is 3. The molecule has 0 spiro atoms. The van der Waals surface area contributed by atoms with Gasteiger partial charge in [-0.15, -0.1) is 0 Å². The van der Waals surface area contributed by atoms with E-state index in [-0.39, 0.29) is 11.8 Å². The second-order valence-electron chi connectivity index (χ2n) is 7.15. The van der Waals surface area contributed by atoms with Gasteiger partial charge in [0.15, 0.2) is 0 Å². The highest BCUT2D eigenvalue weighted by Crippen LogP contribution is 2.32. The molecule has 0 saturated heterocycles. The molecule has 0 atom stereocenters. The van der Waals surface area contributed by atoms with Crippen LogP contribution in [-0.2, 0) is 17.8 Å². The van der Waals surface area contributed by atoms with Crippen molar-refractivity contribution < 1.29 is 14.4 Å². The van der Waals surface area contributed by atoms with Gasteiger partial charge in [-0.25, -0.2) is 4.79 Å². The van der Waals surface area contributed by atoms with Crippen LogP contribution in [0.4, 0.5) is 21.9 Å². The number of nitrogens with zero attached hydrogens (tertiary/aromatic N) is 1. The Morgan fingerprint density at radius 2 is 1.58 bits per heavy atom. The molecule has 156 valence electrons. The minimum Gasteiger partial charge on any atom is -0.351 e. The lowest BCUT2D eigenvalue weighted by Gasteiger charge is -2.18. The SMILES string of the molecule is NC(=O)Nc1ccc(C(=O)Nc2ccc(CN3C(=O)Cc4ccc(Cl)cc43)cc2)cc1. The number of carbonyl (C=O) groups is 3. The Labute approximate surface area is 183 Å². The molecule has 4 amide bonds. The molecule has 0 aromatic heterocycles. The topological polar surface area (TPSA) is 105 Å². The summed E-state index contributed by atoms with van der Waals surface area (Å²) in [4.78, 5) is 37.4. The summed E-state index contributed by atoms with van der Waals surface area (Å²) in [6.07, 6.45) is 0.369. The first-order valence-electron chi connectivity index (χ1n) is 9.54. The van der Waals surface area contributed by atoms with E-state index >= 15 is 0 Å². The van der Waals surface area contributed by atoms with Crippen LogP contribution in [0.25, 0.3) is 0 Å². The number of carbonyl (C=O) groups excluding carboxylic acids is 3. The summed E-state index contributed by atoms with van der Waals surface area (Å²) in [6.45, 7) is 0.425. The summed E-state index contributed by atoms with van der Waals surface area (Å²) in [7, 11) is 0. The molecule has 31 heavy (non-hydrogen) atoms. The number of primary amides is 1. The Morgan fingerprint density at radius 1 is 0.935 bits per heavy atom. The molecule has 1 aliphatic heterocycles. The molecule has 0 unspecified atom stereocenters. The zero-order valence-electron chi connectivity index (χ0n) is 16.4. The van der Waals surface area contributed by atoms with Crippen LogP contribution in [0.5, 0.6) is 0 Å². The fraction of sp³-hybridized carbons (Fsp3) is 0.0870. The number of nitrogens with two attached hydrogens (primary N) is 1. The van der Waals surface area contributed by atoms with Crippen molar-refractivity contribution in [3.05, 3.63) is 88.4 Å². The monoisotopic (exact) mass is 434 g/mol. The normalized spacial score (nSPS) is 12.4. The summed E-state index contributed by atoms with van der Waals surface area (Å²) in [5.41, 5.74) is 9.38. The molecule has 1 heterocycles. The van der Waals surface area contributed by atoms with Crippen molar-refractivity contribution in [3.8, 4) is 0 Å². The summed E-state index contributed by atoms with van der Waals surface area (Å²) in [5.74, 6) is -0.249.